The Morgan fingerprint density at radius 2 is 2.17 bits per heavy atom. The van der Waals surface area contributed by atoms with Gasteiger partial charge >= 0.3 is 0 Å². The molecule has 2 heterocycles. The summed E-state index contributed by atoms with van der Waals surface area (Å²) in [4.78, 5) is 19.6. The molecule has 2 unspecified atom stereocenters. The molecule has 2 atom stereocenters. The van der Waals surface area contributed by atoms with Crippen molar-refractivity contribution in [2.75, 3.05) is 20.3 Å². The van der Waals surface area contributed by atoms with Gasteiger partial charge in [0.1, 0.15) is 15.6 Å². The highest BCUT2D eigenvalue weighted by atomic mass is 32.1. The number of likely N-dealkylation sites (tertiary alicyclic amines) is 1. The third-order valence-electron chi connectivity index (χ3n) is 4.62. The predicted octanol–water partition coefficient (Wildman–Crippen LogP) is 3.05. The first kappa shape index (κ1) is 16.9. The maximum absolute atomic E-state index is 12.8. The number of rotatable bonds is 4. The highest BCUT2D eigenvalue weighted by Gasteiger charge is 2.32. The number of aliphatic hydroxyl groups is 1. The highest BCUT2D eigenvalue weighted by molar-refractivity contribution is 7.16. The number of hydrogen-bond acceptors (Lipinski definition) is 5. The fourth-order valence-electron chi connectivity index (χ4n) is 3.16. The summed E-state index contributed by atoms with van der Waals surface area (Å²) in [6.07, 6.45) is 3.67. The Hall–Kier alpha value is -1.92. The van der Waals surface area contributed by atoms with Gasteiger partial charge in [0.15, 0.2) is 0 Å². The van der Waals surface area contributed by atoms with E-state index in [2.05, 4.69) is 11.9 Å². The van der Waals surface area contributed by atoms with E-state index in [0.29, 0.717) is 17.3 Å². The van der Waals surface area contributed by atoms with E-state index in [4.69, 9.17) is 4.74 Å². The van der Waals surface area contributed by atoms with Crippen LogP contribution in [0.3, 0.4) is 0 Å². The van der Waals surface area contributed by atoms with Gasteiger partial charge in [-0.3, -0.25) is 4.79 Å². The number of methoxy groups -OCH3 is 1. The van der Waals surface area contributed by atoms with Gasteiger partial charge in [-0.05, 0) is 43.0 Å². The number of nitrogens with zero attached hydrogens (tertiary/aromatic N) is 2. The van der Waals surface area contributed by atoms with Gasteiger partial charge in [-0.15, -0.1) is 11.3 Å². The Morgan fingerprint density at radius 1 is 1.42 bits per heavy atom. The van der Waals surface area contributed by atoms with Crippen LogP contribution in [-0.2, 0) is 0 Å². The van der Waals surface area contributed by atoms with Gasteiger partial charge in [-0.2, -0.15) is 0 Å². The van der Waals surface area contributed by atoms with Crippen molar-refractivity contribution in [3.63, 3.8) is 0 Å². The third kappa shape index (κ3) is 3.30. The van der Waals surface area contributed by atoms with Crippen molar-refractivity contribution < 1.29 is 14.6 Å². The van der Waals surface area contributed by atoms with E-state index >= 15 is 0 Å². The normalized spacial score (nSPS) is 20.9. The van der Waals surface area contributed by atoms with Crippen LogP contribution in [0.25, 0.3) is 10.6 Å². The van der Waals surface area contributed by atoms with Crippen LogP contribution < -0.4 is 4.74 Å². The van der Waals surface area contributed by atoms with Gasteiger partial charge < -0.3 is 14.7 Å². The molecular formula is C18H22N2O3S. The first-order chi connectivity index (χ1) is 11.6. The number of aromatic nitrogens is 1. The second-order valence-electron chi connectivity index (χ2n) is 6.13. The number of benzene rings is 1. The van der Waals surface area contributed by atoms with E-state index < -0.39 is 0 Å². The predicted molar refractivity (Wildman–Crippen MR) is 94.4 cm³/mol. The standard InChI is InChI=1S/C18H22N2O3S/c1-12-4-3-9-20(15(12)11-21)18(22)16-10-19-17(24-16)13-5-7-14(23-2)8-6-13/h5-8,10,12,15,21H,3-4,9,11H2,1-2H3. The molecule has 1 fully saturated rings. The molecule has 1 aromatic heterocycles. The Balaban J connectivity index is 1.80. The number of thiazole rings is 1. The third-order valence-corrected chi connectivity index (χ3v) is 5.65. The molecule has 1 N–H and O–H groups in total. The van der Waals surface area contributed by atoms with Crippen LogP contribution in [0.5, 0.6) is 5.75 Å². The second-order valence-corrected chi connectivity index (χ2v) is 7.16. The van der Waals surface area contributed by atoms with E-state index in [9.17, 15) is 9.90 Å². The maximum atomic E-state index is 12.8. The van der Waals surface area contributed by atoms with Gasteiger partial charge in [0.2, 0.25) is 0 Å². The lowest BCUT2D eigenvalue weighted by atomic mass is 9.91. The van der Waals surface area contributed by atoms with Crippen molar-refractivity contribution in [2.45, 2.75) is 25.8 Å². The van der Waals surface area contributed by atoms with Crippen molar-refractivity contribution in [3.8, 4) is 16.3 Å². The average molecular weight is 346 g/mol. The lowest BCUT2D eigenvalue weighted by Gasteiger charge is -2.38. The molecular weight excluding hydrogens is 324 g/mol. The van der Waals surface area contributed by atoms with E-state index in [1.807, 2.05) is 24.3 Å². The molecule has 3 rings (SSSR count). The number of piperidine rings is 1. The summed E-state index contributed by atoms with van der Waals surface area (Å²) in [5, 5.41) is 10.5. The summed E-state index contributed by atoms with van der Waals surface area (Å²) >= 11 is 1.39. The van der Waals surface area contributed by atoms with Gasteiger partial charge in [0.05, 0.1) is 26.0 Å². The van der Waals surface area contributed by atoms with Gasteiger partial charge in [0.25, 0.3) is 5.91 Å². The zero-order valence-corrected chi connectivity index (χ0v) is 14.8. The number of ether oxygens (including phenoxy) is 1. The van der Waals surface area contributed by atoms with Crippen molar-refractivity contribution >= 4 is 17.2 Å². The van der Waals surface area contributed by atoms with Crippen LogP contribution in [0.15, 0.2) is 30.5 Å². The number of carbonyl (C=O) groups is 1. The molecule has 0 bridgehead atoms. The number of aliphatic hydroxyl groups excluding tert-OH is 1. The van der Waals surface area contributed by atoms with Crippen molar-refractivity contribution in [3.05, 3.63) is 35.3 Å². The lowest BCUT2D eigenvalue weighted by Crippen LogP contribution is -2.49. The highest BCUT2D eigenvalue weighted by Crippen LogP contribution is 2.30. The van der Waals surface area contributed by atoms with Gasteiger partial charge in [-0.25, -0.2) is 4.98 Å². The quantitative estimate of drug-likeness (QED) is 0.924. The summed E-state index contributed by atoms with van der Waals surface area (Å²) in [5.41, 5.74) is 0.963. The summed E-state index contributed by atoms with van der Waals surface area (Å²) in [6, 6.07) is 7.54. The van der Waals surface area contributed by atoms with Crippen LogP contribution >= 0.6 is 11.3 Å². The first-order valence-corrected chi connectivity index (χ1v) is 8.97. The Labute approximate surface area is 145 Å². The lowest BCUT2D eigenvalue weighted by molar-refractivity contribution is 0.0362. The van der Waals surface area contributed by atoms with Crippen LogP contribution in [0.4, 0.5) is 0 Å². The minimum absolute atomic E-state index is 0.0110. The molecule has 1 saturated heterocycles. The Morgan fingerprint density at radius 3 is 2.83 bits per heavy atom. The second kappa shape index (κ2) is 7.32. The summed E-state index contributed by atoms with van der Waals surface area (Å²) in [6.45, 7) is 2.80. The molecule has 24 heavy (non-hydrogen) atoms. The molecule has 1 amide bonds. The zero-order chi connectivity index (χ0) is 17.1. The minimum atomic E-state index is -0.0993. The molecule has 128 valence electrons. The molecule has 6 heteroatoms. The molecule has 5 nitrogen and oxygen atoms in total. The smallest absolute Gasteiger partial charge is 0.265 e. The van der Waals surface area contributed by atoms with E-state index in [1.54, 1.807) is 18.2 Å². The van der Waals surface area contributed by atoms with Gasteiger partial charge in [0, 0.05) is 12.1 Å². The number of carbonyl (C=O) groups excluding carboxylic acids is 1. The largest absolute Gasteiger partial charge is 0.497 e. The first-order valence-electron chi connectivity index (χ1n) is 8.16. The topological polar surface area (TPSA) is 62.7 Å². The summed E-state index contributed by atoms with van der Waals surface area (Å²) in [5.74, 6) is 1.08. The molecule has 0 radical (unpaired) electrons. The van der Waals surface area contributed by atoms with Crippen LogP contribution in [-0.4, -0.2) is 47.2 Å². The Kier molecular flexibility index (Phi) is 5.16. The van der Waals surface area contributed by atoms with Crippen LogP contribution in [0.2, 0.25) is 0 Å². The van der Waals surface area contributed by atoms with Crippen molar-refractivity contribution in [1.82, 2.24) is 9.88 Å². The molecule has 0 spiro atoms. The van der Waals surface area contributed by atoms with E-state index in [-0.39, 0.29) is 18.6 Å². The molecule has 0 aliphatic carbocycles. The van der Waals surface area contributed by atoms with Crippen LogP contribution in [0, 0.1) is 5.92 Å². The number of hydrogen-bond donors (Lipinski definition) is 1. The van der Waals surface area contributed by atoms with Crippen molar-refractivity contribution in [1.29, 1.82) is 0 Å². The zero-order valence-electron chi connectivity index (χ0n) is 13.9. The molecule has 1 aromatic carbocycles. The SMILES string of the molecule is COc1ccc(-c2ncc(C(=O)N3CCCC(C)C3CO)s2)cc1. The number of amides is 1. The fourth-order valence-corrected chi connectivity index (χ4v) is 4.04. The molecule has 1 aliphatic rings. The molecule has 0 saturated carbocycles. The van der Waals surface area contributed by atoms with E-state index in [1.165, 1.54) is 11.3 Å². The minimum Gasteiger partial charge on any atom is -0.497 e. The van der Waals surface area contributed by atoms with Crippen molar-refractivity contribution in [2.24, 2.45) is 5.92 Å². The molecule has 2 aromatic rings. The van der Waals surface area contributed by atoms with E-state index in [0.717, 1.165) is 29.2 Å². The van der Waals surface area contributed by atoms with Crippen LogP contribution in [0.1, 0.15) is 29.4 Å². The maximum Gasteiger partial charge on any atom is 0.265 e. The molecule has 1 aliphatic heterocycles. The van der Waals surface area contributed by atoms with Gasteiger partial charge in [-0.1, -0.05) is 6.92 Å². The summed E-state index contributed by atoms with van der Waals surface area (Å²) < 4.78 is 5.16. The monoisotopic (exact) mass is 346 g/mol. The Bertz CT molecular complexity index is 699. The summed E-state index contributed by atoms with van der Waals surface area (Å²) in [7, 11) is 1.63. The average Bonchev–Trinajstić information content (AvgIpc) is 3.11. The fraction of sp³-hybridized carbons (Fsp3) is 0.444.